The lowest BCUT2D eigenvalue weighted by molar-refractivity contribution is -0.137. The number of benzene rings is 1. The van der Waals surface area contributed by atoms with Gasteiger partial charge in [0.2, 0.25) is 0 Å². The van der Waals surface area contributed by atoms with Gasteiger partial charge in [-0.05, 0) is 25.1 Å². The lowest BCUT2D eigenvalue weighted by Gasteiger charge is -2.13. The summed E-state index contributed by atoms with van der Waals surface area (Å²) in [6.45, 7) is 1.61. The van der Waals surface area contributed by atoms with Gasteiger partial charge in [-0.25, -0.2) is 0 Å². The van der Waals surface area contributed by atoms with Gasteiger partial charge in [-0.1, -0.05) is 6.07 Å². The van der Waals surface area contributed by atoms with Crippen molar-refractivity contribution < 1.29 is 19.5 Å². The second kappa shape index (κ2) is 6.70. The molecule has 0 aliphatic rings. The molecule has 6 heteroatoms. The summed E-state index contributed by atoms with van der Waals surface area (Å²) >= 11 is 0. The smallest absolute Gasteiger partial charge is 0.305 e. The summed E-state index contributed by atoms with van der Waals surface area (Å²) < 4.78 is 0. The SMILES string of the molecule is CC(CC(=O)O)NC(=O)c1cccc(C(=O)N(C)C)c1. The van der Waals surface area contributed by atoms with Crippen molar-refractivity contribution in [2.45, 2.75) is 19.4 Å². The second-order valence-corrected chi connectivity index (χ2v) is 4.75. The van der Waals surface area contributed by atoms with Gasteiger partial charge in [0.25, 0.3) is 11.8 Å². The molecule has 1 unspecified atom stereocenters. The Labute approximate surface area is 117 Å². The summed E-state index contributed by atoms with van der Waals surface area (Å²) in [5, 5.41) is 11.2. The molecule has 1 aromatic rings. The molecule has 1 rings (SSSR count). The molecule has 0 aromatic heterocycles. The number of aliphatic carboxylic acids is 1. The maximum atomic E-state index is 12.0. The first-order valence-electron chi connectivity index (χ1n) is 6.15. The van der Waals surface area contributed by atoms with Crippen molar-refractivity contribution in [3.63, 3.8) is 0 Å². The largest absolute Gasteiger partial charge is 0.481 e. The third-order valence-corrected chi connectivity index (χ3v) is 2.64. The van der Waals surface area contributed by atoms with Crippen LogP contribution in [0.2, 0.25) is 0 Å². The quantitative estimate of drug-likeness (QED) is 0.840. The molecule has 0 saturated heterocycles. The number of nitrogens with zero attached hydrogens (tertiary/aromatic N) is 1. The molecule has 108 valence electrons. The Kier molecular flexibility index (Phi) is 5.25. The minimum atomic E-state index is -0.977. The van der Waals surface area contributed by atoms with E-state index in [0.717, 1.165) is 0 Å². The topological polar surface area (TPSA) is 86.7 Å². The van der Waals surface area contributed by atoms with Gasteiger partial charge < -0.3 is 15.3 Å². The lowest BCUT2D eigenvalue weighted by atomic mass is 10.1. The van der Waals surface area contributed by atoms with E-state index in [1.807, 2.05) is 0 Å². The van der Waals surface area contributed by atoms with Crippen LogP contribution in [0.4, 0.5) is 0 Å². The first-order valence-corrected chi connectivity index (χ1v) is 6.15. The molecule has 2 N–H and O–H groups in total. The molecule has 0 heterocycles. The fraction of sp³-hybridized carbons (Fsp3) is 0.357. The van der Waals surface area contributed by atoms with Crippen LogP contribution in [-0.4, -0.2) is 47.9 Å². The van der Waals surface area contributed by atoms with E-state index in [4.69, 9.17) is 5.11 Å². The first-order chi connectivity index (χ1) is 9.31. The van der Waals surface area contributed by atoms with Crippen LogP contribution in [0.25, 0.3) is 0 Å². The second-order valence-electron chi connectivity index (χ2n) is 4.75. The molecule has 1 aromatic carbocycles. The van der Waals surface area contributed by atoms with Crippen molar-refractivity contribution in [1.29, 1.82) is 0 Å². The number of hydrogen-bond donors (Lipinski definition) is 2. The highest BCUT2D eigenvalue weighted by molar-refractivity contribution is 5.99. The number of carbonyl (C=O) groups excluding carboxylic acids is 2. The molecule has 20 heavy (non-hydrogen) atoms. The monoisotopic (exact) mass is 278 g/mol. The van der Waals surface area contributed by atoms with Crippen LogP contribution >= 0.6 is 0 Å². The van der Waals surface area contributed by atoms with Crippen LogP contribution in [-0.2, 0) is 4.79 Å². The number of rotatable bonds is 5. The fourth-order valence-corrected chi connectivity index (χ4v) is 1.67. The van der Waals surface area contributed by atoms with E-state index in [2.05, 4.69) is 5.32 Å². The van der Waals surface area contributed by atoms with E-state index in [1.165, 1.54) is 11.0 Å². The van der Waals surface area contributed by atoms with Gasteiger partial charge >= 0.3 is 5.97 Å². The van der Waals surface area contributed by atoms with Crippen molar-refractivity contribution >= 4 is 17.8 Å². The molecule has 0 spiro atoms. The van der Waals surface area contributed by atoms with E-state index in [9.17, 15) is 14.4 Å². The van der Waals surface area contributed by atoms with Gasteiger partial charge in [0.05, 0.1) is 6.42 Å². The average Bonchev–Trinajstić information content (AvgIpc) is 2.36. The molecule has 0 saturated carbocycles. The molecule has 2 amide bonds. The predicted molar refractivity (Wildman–Crippen MR) is 73.6 cm³/mol. The standard InChI is InChI=1S/C14H18N2O4/c1-9(7-12(17)18)15-13(19)10-5-4-6-11(8-10)14(20)16(2)3/h4-6,8-9H,7H2,1-3H3,(H,15,19)(H,17,18). The Bertz CT molecular complexity index is 526. The van der Waals surface area contributed by atoms with Crippen LogP contribution in [0.1, 0.15) is 34.1 Å². The number of nitrogens with one attached hydrogen (secondary N) is 1. The van der Waals surface area contributed by atoms with E-state index in [0.29, 0.717) is 11.1 Å². The number of carboxylic acids is 1. The third-order valence-electron chi connectivity index (χ3n) is 2.64. The number of carboxylic acid groups (broad SMARTS) is 1. The molecule has 0 fully saturated rings. The van der Waals surface area contributed by atoms with Crippen molar-refractivity contribution in [2.75, 3.05) is 14.1 Å². The summed E-state index contributed by atoms with van der Waals surface area (Å²) in [5.41, 5.74) is 0.739. The summed E-state index contributed by atoms with van der Waals surface area (Å²) in [7, 11) is 3.26. The van der Waals surface area contributed by atoms with Gasteiger partial charge in [-0.2, -0.15) is 0 Å². The zero-order valence-corrected chi connectivity index (χ0v) is 11.7. The van der Waals surface area contributed by atoms with Crippen molar-refractivity contribution in [3.05, 3.63) is 35.4 Å². The highest BCUT2D eigenvalue weighted by Gasteiger charge is 2.14. The highest BCUT2D eigenvalue weighted by atomic mass is 16.4. The highest BCUT2D eigenvalue weighted by Crippen LogP contribution is 2.08. The van der Waals surface area contributed by atoms with Gasteiger partial charge in [0.15, 0.2) is 0 Å². The number of carbonyl (C=O) groups is 3. The van der Waals surface area contributed by atoms with Crippen molar-refractivity contribution in [3.8, 4) is 0 Å². The molecule has 0 aliphatic heterocycles. The van der Waals surface area contributed by atoms with Gasteiger partial charge in [-0.15, -0.1) is 0 Å². The predicted octanol–water partition coefficient (Wildman–Crippen LogP) is 0.981. The third kappa shape index (κ3) is 4.38. The summed E-state index contributed by atoms with van der Waals surface area (Å²) in [6, 6.07) is 5.83. The first kappa shape index (κ1) is 15.7. The summed E-state index contributed by atoms with van der Waals surface area (Å²) in [6.07, 6.45) is -0.151. The minimum absolute atomic E-state index is 0.151. The van der Waals surface area contributed by atoms with Crippen LogP contribution in [0.3, 0.4) is 0 Å². The normalized spacial score (nSPS) is 11.6. The van der Waals surface area contributed by atoms with E-state index in [-0.39, 0.29) is 12.3 Å². The van der Waals surface area contributed by atoms with Gasteiger partial charge in [0, 0.05) is 31.3 Å². The maximum Gasteiger partial charge on any atom is 0.305 e. The maximum absolute atomic E-state index is 12.0. The zero-order valence-electron chi connectivity index (χ0n) is 11.7. The Morgan fingerprint density at radius 3 is 2.40 bits per heavy atom. The van der Waals surface area contributed by atoms with E-state index < -0.39 is 17.9 Å². The summed E-state index contributed by atoms with van der Waals surface area (Å²) in [5.74, 6) is -1.57. The molecule has 6 nitrogen and oxygen atoms in total. The number of amides is 2. The van der Waals surface area contributed by atoms with E-state index >= 15 is 0 Å². The molecule has 0 aliphatic carbocycles. The Balaban J connectivity index is 2.81. The Morgan fingerprint density at radius 2 is 1.85 bits per heavy atom. The molecule has 0 radical (unpaired) electrons. The van der Waals surface area contributed by atoms with Crippen LogP contribution in [0, 0.1) is 0 Å². The van der Waals surface area contributed by atoms with Crippen molar-refractivity contribution in [1.82, 2.24) is 10.2 Å². The Morgan fingerprint density at radius 1 is 1.25 bits per heavy atom. The van der Waals surface area contributed by atoms with Crippen LogP contribution < -0.4 is 5.32 Å². The molecule has 1 atom stereocenters. The molecular formula is C14H18N2O4. The fourth-order valence-electron chi connectivity index (χ4n) is 1.67. The average molecular weight is 278 g/mol. The van der Waals surface area contributed by atoms with Gasteiger partial charge in [-0.3, -0.25) is 14.4 Å². The van der Waals surface area contributed by atoms with Gasteiger partial charge in [0.1, 0.15) is 0 Å². The zero-order chi connectivity index (χ0) is 15.3. The molecular weight excluding hydrogens is 260 g/mol. The molecule has 0 bridgehead atoms. The lowest BCUT2D eigenvalue weighted by Crippen LogP contribution is -2.34. The summed E-state index contributed by atoms with van der Waals surface area (Å²) in [4.78, 5) is 35.7. The van der Waals surface area contributed by atoms with E-state index in [1.54, 1.807) is 39.2 Å². The van der Waals surface area contributed by atoms with Crippen molar-refractivity contribution in [2.24, 2.45) is 0 Å². The number of hydrogen-bond acceptors (Lipinski definition) is 3. The Hall–Kier alpha value is -2.37. The minimum Gasteiger partial charge on any atom is -0.481 e. The van der Waals surface area contributed by atoms with Crippen LogP contribution in [0.15, 0.2) is 24.3 Å². The van der Waals surface area contributed by atoms with Crippen LogP contribution in [0.5, 0.6) is 0 Å².